The molecule has 6 nitrogen and oxygen atoms in total. The van der Waals surface area contributed by atoms with Crippen LogP contribution in [0.5, 0.6) is 0 Å². The summed E-state index contributed by atoms with van der Waals surface area (Å²) in [4.78, 5) is 24.0. The van der Waals surface area contributed by atoms with Crippen molar-refractivity contribution in [2.24, 2.45) is 0 Å². The number of hydrogen-bond donors (Lipinski definition) is 0. The van der Waals surface area contributed by atoms with Gasteiger partial charge in [-0.15, -0.1) is 5.10 Å². The summed E-state index contributed by atoms with van der Waals surface area (Å²) in [6, 6.07) is 0. The first-order valence-corrected chi connectivity index (χ1v) is 5.59. The van der Waals surface area contributed by atoms with Crippen LogP contribution in [0.2, 0.25) is 0 Å². The van der Waals surface area contributed by atoms with Crippen LogP contribution in [0.3, 0.4) is 0 Å². The van der Waals surface area contributed by atoms with Crippen LogP contribution in [0.1, 0.15) is 24.3 Å². The maximum Gasteiger partial charge on any atom is 0.456 e. The molecule has 1 heterocycles. The average molecular weight is 278 g/mol. The Bertz CT molecular complexity index is 466. The molecule has 9 heteroatoms. The molecule has 0 fully saturated rings. The Labute approximate surface area is 107 Å². The Balaban J connectivity index is 2.76. The number of Topliss-reactive ketones (excluding diaryl/α,β-unsaturated/α-hetero) is 1. The number of halogens is 3. The molecule has 0 N–H and O–H groups in total. The number of carbonyl (C=O) groups excluding carboxylic acids is 2. The number of rotatable bonds is 5. The lowest BCUT2D eigenvalue weighted by Gasteiger charge is -2.17. The van der Waals surface area contributed by atoms with Crippen LogP contribution in [-0.2, 0) is 11.3 Å². The summed E-state index contributed by atoms with van der Waals surface area (Å²) in [5, 5.41) is 6.46. The van der Waals surface area contributed by atoms with Crippen molar-refractivity contribution in [2.45, 2.75) is 26.6 Å². The fourth-order valence-electron chi connectivity index (χ4n) is 1.44. The first-order valence-electron chi connectivity index (χ1n) is 5.59. The second kappa shape index (κ2) is 5.81. The third kappa shape index (κ3) is 3.76. The minimum atomic E-state index is -5.00. The molecule has 1 amide bonds. The molecule has 0 bridgehead atoms. The van der Waals surface area contributed by atoms with Gasteiger partial charge in [0.1, 0.15) is 6.54 Å². The third-order valence-corrected chi connectivity index (χ3v) is 2.44. The zero-order valence-electron chi connectivity index (χ0n) is 10.4. The van der Waals surface area contributed by atoms with Crippen molar-refractivity contribution in [1.29, 1.82) is 0 Å². The van der Waals surface area contributed by atoms with Gasteiger partial charge in [-0.2, -0.15) is 13.2 Å². The van der Waals surface area contributed by atoms with Gasteiger partial charge < -0.3 is 4.90 Å². The lowest BCUT2D eigenvalue weighted by molar-refractivity contribution is -0.131. The second-order valence-corrected chi connectivity index (χ2v) is 3.69. The van der Waals surface area contributed by atoms with Crippen molar-refractivity contribution in [1.82, 2.24) is 19.9 Å². The summed E-state index contributed by atoms with van der Waals surface area (Å²) >= 11 is 0. The molecule has 0 atom stereocenters. The van der Waals surface area contributed by atoms with E-state index in [2.05, 4.69) is 10.3 Å². The zero-order valence-corrected chi connectivity index (χ0v) is 10.4. The predicted octanol–water partition coefficient (Wildman–Crippen LogP) is 0.891. The summed E-state index contributed by atoms with van der Waals surface area (Å²) in [6.45, 7) is 4.28. The highest BCUT2D eigenvalue weighted by molar-refractivity contribution is 5.98. The number of carbonyl (C=O) groups is 2. The number of alkyl halides is 3. The van der Waals surface area contributed by atoms with E-state index < -0.39 is 17.7 Å². The standard InChI is InChI=1S/C10H13F3N4O2/c1-3-16(4-2)8(18)6-17-5-7(14-15-17)9(19)10(11,12)13/h5H,3-4,6H2,1-2H3. The molecule has 1 aromatic heterocycles. The largest absolute Gasteiger partial charge is 0.456 e. The van der Waals surface area contributed by atoms with Gasteiger partial charge in [0.05, 0.1) is 6.20 Å². The van der Waals surface area contributed by atoms with Crippen LogP contribution in [0.25, 0.3) is 0 Å². The Kier molecular flexibility index (Phi) is 4.62. The van der Waals surface area contributed by atoms with Gasteiger partial charge in [0.25, 0.3) is 5.78 Å². The monoisotopic (exact) mass is 278 g/mol. The van der Waals surface area contributed by atoms with E-state index in [0.717, 1.165) is 10.9 Å². The molecule has 1 rings (SSSR count). The fourth-order valence-corrected chi connectivity index (χ4v) is 1.44. The highest BCUT2D eigenvalue weighted by atomic mass is 19.4. The summed E-state index contributed by atoms with van der Waals surface area (Å²) in [7, 11) is 0. The number of nitrogens with zero attached hydrogens (tertiary/aromatic N) is 4. The lowest BCUT2D eigenvalue weighted by atomic mass is 10.3. The van der Waals surface area contributed by atoms with Crippen molar-refractivity contribution in [3.8, 4) is 0 Å². The van der Waals surface area contributed by atoms with Gasteiger partial charge in [-0.25, -0.2) is 4.68 Å². The Morgan fingerprint density at radius 1 is 1.32 bits per heavy atom. The van der Waals surface area contributed by atoms with Gasteiger partial charge in [0.2, 0.25) is 5.91 Å². The molecule has 0 saturated heterocycles. The summed E-state index contributed by atoms with van der Waals surface area (Å²) in [5.41, 5.74) is -0.820. The Hall–Kier alpha value is -1.93. The first kappa shape index (κ1) is 15.1. The van der Waals surface area contributed by atoms with Crippen molar-refractivity contribution in [2.75, 3.05) is 13.1 Å². The van der Waals surface area contributed by atoms with E-state index in [1.807, 2.05) is 0 Å². The molecule has 0 radical (unpaired) electrons. The predicted molar refractivity (Wildman–Crippen MR) is 58.3 cm³/mol. The van der Waals surface area contributed by atoms with E-state index in [1.165, 1.54) is 4.90 Å². The fraction of sp³-hybridized carbons (Fsp3) is 0.600. The Morgan fingerprint density at radius 2 is 1.89 bits per heavy atom. The van der Waals surface area contributed by atoms with Gasteiger partial charge in [0.15, 0.2) is 5.69 Å². The smallest absolute Gasteiger partial charge is 0.342 e. The second-order valence-electron chi connectivity index (χ2n) is 3.69. The zero-order chi connectivity index (χ0) is 14.6. The molecule has 0 aliphatic heterocycles. The van der Waals surface area contributed by atoms with Gasteiger partial charge in [0, 0.05) is 13.1 Å². The van der Waals surface area contributed by atoms with Gasteiger partial charge >= 0.3 is 6.18 Å². The van der Waals surface area contributed by atoms with E-state index in [0.29, 0.717) is 13.1 Å². The number of likely N-dealkylation sites (N-methyl/N-ethyl adjacent to an activating group) is 1. The summed E-state index contributed by atoms with van der Waals surface area (Å²) in [6.07, 6.45) is -4.18. The molecular formula is C10H13F3N4O2. The average Bonchev–Trinajstić information content (AvgIpc) is 2.76. The summed E-state index contributed by atoms with van der Waals surface area (Å²) in [5.74, 6) is -2.38. The van der Waals surface area contributed by atoms with E-state index in [1.54, 1.807) is 13.8 Å². The highest BCUT2D eigenvalue weighted by Gasteiger charge is 2.41. The quantitative estimate of drug-likeness (QED) is 0.750. The summed E-state index contributed by atoms with van der Waals surface area (Å²) < 4.78 is 37.3. The minimum absolute atomic E-state index is 0.250. The SMILES string of the molecule is CCN(CC)C(=O)Cn1cc(C(=O)C(F)(F)F)nn1. The van der Waals surface area contributed by atoms with Crippen LogP contribution < -0.4 is 0 Å². The molecule has 19 heavy (non-hydrogen) atoms. The number of hydrogen-bond acceptors (Lipinski definition) is 4. The van der Waals surface area contributed by atoms with Crippen molar-refractivity contribution >= 4 is 11.7 Å². The first-order chi connectivity index (χ1) is 8.79. The van der Waals surface area contributed by atoms with Gasteiger partial charge in [-0.05, 0) is 13.8 Å². The molecule has 106 valence electrons. The van der Waals surface area contributed by atoms with Crippen molar-refractivity contribution in [3.05, 3.63) is 11.9 Å². The minimum Gasteiger partial charge on any atom is -0.342 e. The van der Waals surface area contributed by atoms with E-state index in [4.69, 9.17) is 0 Å². The molecule has 0 aromatic carbocycles. The molecule has 0 saturated carbocycles. The van der Waals surface area contributed by atoms with Gasteiger partial charge in [-0.3, -0.25) is 9.59 Å². The maximum atomic E-state index is 12.1. The lowest BCUT2D eigenvalue weighted by Crippen LogP contribution is -2.33. The third-order valence-electron chi connectivity index (χ3n) is 2.44. The topological polar surface area (TPSA) is 68.1 Å². The van der Waals surface area contributed by atoms with Crippen LogP contribution >= 0.6 is 0 Å². The molecule has 0 aliphatic rings. The molecule has 1 aromatic rings. The van der Waals surface area contributed by atoms with E-state index >= 15 is 0 Å². The normalized spacial score (nSPS) is 11.4. The van der Waals surface area contributed by atoms with Gasteiger partial charge in [-0.1, -0.05) is 5.21 Å². The van der Waals surface area contributed by atoms with Crippen molar-refractivity contribution in [3.63, 3.8) is 0 Å². The Morgan fingerprint density at radius 3 is 2.37 bits per heavy atom. The van der Waals surface area contributed by atoms with Crippen LogP contribution in [0.4, 0.5) is 13.2 Å². The molecular weight excluding hydrogens is 265 g/mol. The highest BCUT2D eigenvalue weighted by Crippen LogP contribution is 2.19. The molecule has 0 aliphatic carbocycles. The van der Waals surface area contributed by atoms with Crippen LogP contribution in [0.15, 0.2) is 6.20 Å². The van der Waals surface area contributed by atoms with Crippen LogP contribution in [0, 0.1) is 0 Å². The van der Waals surface area contributed by atoms with E-state index in [9.17, 15) is 22.8 Å². The number of aromatic nitrogens is 3. The van der Waals surface area contributed by atoms with Crippen LogP contribution in [-0.4, -0.2) is 50.9 Å². The molecule has 0 spiro atoms. The van der Waals surface area contributed by atoms with E-state index in [-0.39, 0.29) is 12.5 Å². The molecule has 0 unspecified atom stereocenters. The number of amides is 1. The van der Waals surface area contributed by atoms with Crippen molar-refractivity contribution < 1.29 is 22.8 Å². The number of ketones is 1. The maximum absolute atomic E-state index is 12.1.